The van der Waals surface area contributed by atoms with Crippen molar-refractivity contribution in [3.8, 4) is 0 Å². The third-order valence-electron chi connectivity index (χ3n) is 3.03. The van der Waals surface area contributed by atoms with E-state index in [4.69, 9.17) is 23.2 Å². The summed E-state index contributed by atoms with van der Waals surface area (Å²) in [5.41, 5.74) is 2.15. The Balaban J connectivity index is 1.73. The van der Waals surface area contributed by atoms with Gasteiger partial charge in [0.25, 0.3) is 5.91 Å². The van der Waals surface area contributed by atoms with Gasteiger partial charge in [0.2, 0.25) is 0 Å². The highest BCUT2D eigenvalue weighted by atomic mass is 35.5. The van der Waals surface area contributed by atoms with Crippen LogP contribution in [0.3, 0.4) is 0 Å². The normalized spacial score (nSPS) is 10.8. The van der Waals surface area contributed by atoms with Gasteiger partial charge in [-0.1, -0.05) is 29.3 Å². The van der Waals surface area contributed by atoms with Crippen LogP contribution in [-0.2, 0) is 6.54 Å². The molecule has 0 aliphatic rings. The zero-order chi connectivity index (χ0) is 14.8. The largest absolute Gasteiger partial charge is 0.346 e. The summed E-state index contributed by atoms with van der Waals surface area (Å²) in [5.74, 6) is -0.256. The van der Waals surface area contributed by atoms with E-state index >= 15 is 0 Å². The van der Waals surface area contributed by atoms with Crippen molar-refractivity contribution >= 4 is 34.6 Å². The second kappa shape index (κ2) is 5.76. The van der Waals surface area contributed by atoms with Gasteiger partial charge in [-0.05, 0) is 36.4 Å². The number of carbonyl (C=O) groups is 1. The predicted octanol–water partition coefficient (Wildman–Crippen LogP) is 3.57. The number of nitrogens with zero attached hydrogens (tertiary/aromatic N) is 2. The zero-order valence-corrected chi connectivity index (χ0v) is 12.4. The summed E-state index contributed by atoms with van der Waals surface area (Å²) in [6, 6.07) is 12.5. The number of halogens is 2. The van der Waals surface area contributed by atoms with Crippen molar-refractivity contribution in [2.24, 2.45) is 0 Å². The highest BCUT2D eigenvalue weighted by molar-refractivity contribution is 6.36. The number of aromatic nitrogens is 2. The Hall–Kier alpha value is -2.04. The summed E-state index contributed by atoms with van der Waals surface area (Å²) in [5, 5.41) is 7.98. The van der Waals surface area contributed by atoms with Crippen molar-refractivity contribution in [2.75, 3.05) is 0 Å². The van der Waals surface area contributed by atoms with Crippen LogP contribution in [0.2, 0.25) is 10.0 Å². The topological polar surface area (TPSA) is 46.4 Å². The molecule has 0 unspecified atom stereocenters. The molecule has 0 fully saturated rings. The van der Waals surface area contributed by atoms with Gasteiger partial charge in [0, 0.05) is 11.2 Å². The molecule has 0 saturated heterocycles. The van der Waals surface area contributed by atoms with E-state index in [9.17, 15) is 4.79 Å². The van der Waals surface area contributed by atoms with Crippen LogP contribution in [0.4, 0.5) is 0 Å². The number of benzene rings is 1. The van der Waals surface area contributed by atoms with E-state index in [0.717, 1.165) is 11.2 Å². The molecule has 0 spiro atoms. The second-order valence-electron chi connectivity index (χ2n) is 4.51. The lowest BCUT2D eigenvalue weighted by atomic mass is 10.2. The van der Waals surface area contributed by atoms with Gasteiger partial charge in [0.05, 0.1) is 28.3 Å². The number of hydrogen-bond acceptors (Lipinski definition) is 2. The van der Waals surface area contributed by atoms with Gasteiger partial charge in [-0.3, -0.25) is 4.79 Å². The molecular formula is C15H11Cl2N3O. The van der Waals surface area contributed by atoms with Crippen molar-refractivity contribution in [2.45, 2.75) is 6.54 Å². The molecule has 106 valence electrons. The Bertz CT molecular complexity index is 781. The monoisotopic (exact) mass is 319 g/mol. The third kappa shape index (κ3) is 3.01. The van der Waals surface area contributed by atoms with E-state index in [-0.39, 0.29) is 5.91 Å². The van der Waals surface area contributed by atoms with Crippen molar-refractivity contribution < 1.29 is 4.79 Å². The summed E-state index contributed by atoms with van der Waals surface area (Å²) >= 11 is 11.8. The van der Waals surface area contributed by atoms with E-state index in [1.54, 1.807) is 22.7 Å². The molecule has 0 saturated carbocycles. The molecule has 2 aromatic heterocycles. The standard InChI is InChI=1S/C15H11Cl2N3O/c16-10-4-5-13(14(17)7-10)15(21)18-9-11-8-12-3-1-2-6-20(12)19-11/h1-8H,9H2,(H,18,21). The number of fused-ring (bicyclic) bond motifs is 1. The lowest BCUT2D eigenvalue weighted by molar-refractivity contribution is 0.0950. The molecule has 0 radical (unpaired) electrons. The zero-order valence-electron chi connectivity index (χ0n) is 10.9. The summed E-state index contributed by atoms with van der Waals surface area (Å²) in [6.07, 6.45) is 1.86. The van der Waals surface area contributed by atoms with Gasteiger partial charge in [0.15, 0.2) is 0 Å². The van der Waals surface area contributed by atoms with Crippen molar-refractivity contribution in [1.29, 1.82) is 0 Å². The minimum Gasteiger partial charge on any atom is -0.346 e. The highest BCUT2D eigenvalue weighted by Crippen LogP contribution is 2.20. The van der Waals surface area contributed by atoms with E-state index in [1.807, 2.05) is 30.5 Å². The van der Waals surface area contributed by atoms with Crippen LogP contribution >= 0.6 is 23.2 Å². The molecule has 1 N–H and O–H groups in total. The summed E-state index contributed by atoms with van der Waals surface area (Å²) < 4.78 is 1.76. The summed E-state index contributed by atoms with van der Waals surface area (Å²) in [4.78, 5) is 12.1. The van der Waals surface area contributed by atoms with Crippen molar-refractivity contribution in [3.63, 3.8) is 0 Å². The van der Waals surface area contributed by atoms with E-state index in [2.05, 4.69) is 10.4 Å². The molecule has 0 aliphatic carbocycles. The first-order valence-corrected chi connectivity index (χ1v) is 7.05. The average Bonchev–Trinajstić information content (AvgIpc) is 2.87. The Morgan fingerprint density at radius 2 is 2.05 bits per heavy atom. The van der Waals surface area contributed by atoms with Crippen LogP contribution in [0.15, 0.2) is 48.7 Å². The third-order valence-corrected chi connectivity index (χ3v) is 3.57. The van der Waals surface area contributed by atoms with Crippen LogP contribution in [0.5, 0.6) is 0 Å². The molecule has 0 aliphatic heterocycles. The fraction of sp³-hybridized carbons (Fsp3) is 0.0667. The molecule has 0 atom stereocenters. The first-order chi connectivity index (χ1) is 10.1. The van der Waals surface area contributed by atoms with E-state index in [1.165, 1.54) is 0 Å². The van der Waals surface area contributed by atoms with Crippen LogP contribution in [0.1, 0.15) is 16.1 Å². The summed E-state index contributed by atoms with van der Waals surface area (Å²) in [6.45, 7) is 0.333. The smallest absolute Gasteiger partial charge is 0.253 e. The average molecular weight is 320 g/mol. The highest BCUT2D eigenvalue weighted by Gasteiger charge is 2.11. The minimum atomic E-state index is -0.256. The number of carbonyl (C=O) groups excluding carboxylic acids is 1. The number of amides is 1. The lowest BCUT2D eigenvalue weighted by Gasteiger charge is -2.05. The van der Waals surface area contributed by atoms with E-state index < -0.39 is 0 Å². The molecule has 3 aromatic rings. The molecule has 0 bridgehead atoms. The van der Waals surface area contributed by atoms with E-state index in [0.29, 0.717) is 22.2 Å². The van der Waals surface area contributed by atoms with Gasteiger partial charge in [0.1, 0.15) is 0 Å². The molecule has 1 amide bonds. The Labute approximate surface area is 131 Å². The Morgan fingerprint density at radius 3 is 2.81 bits per heavy atom. The maximum absolute atomic E-state index is 12.1. The number of pyridine rings is 1. The predicted molar refractivity (Wildman–Crippen MR) is 82.8 cm³/mol. The lowest BCUT2D eigenvalue weighted by Crippen LogP contribution is -2.23. The molecule has 21 heavy (non-hydrogen) atoms. The quantitative estimate of drug-likeness (QED) is 0.802. The van der Waals surface area contributed by atoms with Crippen LogP contribution < -0.4 is 5.32 Å². The van der Waals surface area contributed by atoms with Crippen molar-refractivity contribution in [1.82, 2.24) is 14.9 Å². The summed E-state index contributed by atoms with van der Waals surface area (Å²) in [7, 11) is 0. The second-order valence-corrected chi connectivity index (χ2v) is 5.36. The Morgan fingerprint density at radius 1 is 1.19 bits per heavy atom. The van der Waals surface area contributed by atoms with Crippen LogP contribution in [-0.4, -0.2) is 15.5 Å². The van der Waals surface area contributed by atoms with Gasteiger partial charge in [-0.2, -0.15) is 5.10 Å². The molecule has 3 rings (SSSR count). The fourth-order valence-corrected chi connectivity index (χ4v) is 2.51. The molecular weight excluding hydrogens is 309 g/mol. The Kier molecular flexibility index (Phi) is 3.82. The first-order valence-electron chi connectivity index (χ1n) is 6.30. The maximum atomic E-state index is 12.1. The van der Waals surface area contributed by atoms with Gasteiger partial charge < -0.3 is 5.32 Å². The minimum absolute atomic E-state index is 0.256. The molecule has 6 heteroatoms. The van der Waals surface area contributed by atoms with Gasteiger partial charge in [-0.15, -0.1) is 0 Å². The van der Waals surface area contributed by atoms with Crippen LogP contribution in [0.25, 0.3) is 5.52 Å². The molecule has 1 aromatic carbocycles. The fourth-order valence-electron chi connectivity index (χ4n) is 2.02. The van der Waals surface area contributed by atoms with Crippen molar-refractivity contribution in [3.05, 3.63) is 70.0 Å². The number of hydrogen-bond donors (Lipinski definition) is 1. The first kappa shape index (κ1) is 13.9. The van der Waals surface area contributed by atoms with Gasteiger partial charge >= 0.3 is 0 Å². The molecule has 2 heterocycles. The SMILES string of the molecule is O=C(NCc1cc2ccccn2n1)c1ccc(Cl)cc1Cl. The number of rotatable bonds is 3. The van der Waals surface area contributed by atoms with Gasteiger partial charge in [-0.25, -0.2) is 4.52 Å². The molecule has 4 nitrogen and oxygen atoms in total. The maximum Gasteiger partial charge on any atom is 0.253 e. The van der Waals surface area contributed by atoms with Crippen LogP contribution in [0, 0.1) is 0 Å². The number of nitrogens with one attached hydrogen (secondary N) is 1.